The molecule has 0 aromatic heterocycles. The molecule has 0 bridgehead atoms. The Labute approximate surface area is 203 Å². The average Bonchev–Trinajstić information content (AvgIpc) is 3.30. The van der Waals surface area contributed by atoms with Gasteiger partial charge in [0.1, 0.15) is 0 Å². The van der Waals surface area contributed by atoms with E-state index in [1.54, 1.807) is 28.6 Å². The van der Waals surface area contributed by atoms with E-state index in [1.807, 2.05) is 6.07 Å². The molecular formula is C26H35N3O4S. The number of rotatable bonds is 10. The lowest BCUT2D eigenvalue weighted by Crippen LogP contribution is -2.35. The summed E-state index contributed by atoms with van der Waals surface area (Å²) < 4.78 is 33.1. The van der Waals surface area contributed by atoms with Gasteiger partial charge in [-0.2, -0.15) is 4.31 Å². The molecule has 2 aliphatic rings. The molecule has 8 heteroatoms. The number of piperidine rings is 1. The minimum Gasteiger partial charge on any atom is -0.377 e. The highest BCUT2D eigenvalue weighted by molar-refractivity contribution is 7.89. The maximum atomic E-state index is 12.8. The van der Waals surface area contributed by atoms with Gasteiger partial charge in [0, 0.05) is 38.5 Å². The second kappa shape index (κ2) is 11.9. The number of hydrogen-bond acceptors (Lipinski definition) is 5. The van der Waals surface area contributed by atoms with E-state index in [-0.39, 0.29) is 16.9 Å². The predicted molar refractivity (Wildman–Crippen MR) is 133 cm³/mol. The Bertz CT molecular complexity index is 1020. The highest BCUT2D eigenvalue weighted by Gasteiger charge is 2.26. The number of hydrogen-bond donors (Lipinski definition) is 1. The normalized spacial score (nSPS) is 19.8. The molecule has 1 amide bonds. The lowest BCUT2D eigenvalue weighted by Gasteiger charge is -2.25. The molecule has 2 aromatic carbocycles. The van der Waals surface area contributed by atoms with Crippen LogP contribution >= 0.6 is 0 Å². The van der Waals surface area contributed by atoms with Crippen LogP contribution in [0, 0.1) is 0 Å². The Hall–Kier alpha value is -2.26. The minimum atomic E-state index is -3.46. The van der Waals surface area contributed by atoms with Crippen molar-refractivity contribution in [2.75, 3.05) is 44.6 Å². The average molecular weight is 486 g/mol. The number of carbonyl (C=O) groups is 1. The molecule has 1 unspecified atom stereocenters. The highest BCUT2D eigenvalue weighted by atomic mass is 32.2. The fourth-order valence-electron chi connectivity index (χ4n) is 4.62. The van der Waals surface area contributed by atoms with Crippen molar-refractivity contribution in [1.29, 1.82) is 0 Å². The third-order valence-electron chi connectivity index (χ3n) is 6.49. The third-order valence-corrected chi connectivity index (χ3v) is 8.41. The number of aryl methyl sites for hydroxylation is 1. The van der Waals surface area contributed by atoms with Crippen LogP contribution < -0.4 is 5.32 Å². The van der Waals surface area contributed by atoms with Gasteiger partial charge < -0.3 is 10.1 Å². The van der Waals surface area contributed by atoms with Crippen LogP contribution in [0.4, 0.5) is 5.69 Å². The number of amides is 1. The predicted octanol–water partition coefficient (Wildman–Crippen LogP) is 3.52. The van der Waals surface area contributed by atoms with Gasteiger partial charge in [0.25, 0.3) is 0 Å². The summed E-state index contributed by atoms with van der Waals surface area (Å²) in [7, 11) is -3.46. The van der Waals surface area contributed by atoms with Gasteiger partial charge in [-0.3, -0.25) is 9.69 Å². The van der Waals surface area contributed by atoms with Crippen molar-refractivity contribution in [3.8, 4) is 0 Å². The van der Waals surface area contributed by atoms with Gasteiger partial charge in [-0.1, -0.05) is 36.8 Å². The van der Waals surface area contributed by atoms with Gasteiger partial charge in [-0.15, -0.1) is 0 Å². The van der Waals surface area contributed by atoms with E-state index < -0.39 is 10.0 Å². The first kappa shape index (κ1) is 24.9. The number of nitrogens with zero attached hydrogens (tertiary/aromatic N) is 2. The lowest BCUT2D eigenvalue weighted by molar-refractivity contribution is -0.117. The monoisotopic (exact) mass is 485 g/mol. The molecule has 0 saturated carbocycles. The molecule has 0 aliphatic carbocycles. The maximum Gasteiger partial charge on any atom is 0.243 e. The number of sulfonamides is 1. The van der Waals surface area contributed by atoms with E-state index in [4.69, 9.17) is 4.74 Å². The maximum absolute atomic E-state index is 12.8. The smallest absolute Gasteiger partial charge is 0.243 e. The molecule has 2 aromatic rings. The molecule has 1 N–H and O–H groups in total. The van der Waals surface area contributed by atoms with Crippen molar-refractivity contribution in [3.05, 3.63) is 60.2 Å². The molecule has 0 radical (unpaired) electrons. The summed E-state index contributed by atoms with van der Waals surface area (Å²) in [4.78, 5) is 14.9. The summed E-state index contributed by atoms with van der Waals surface area (Å²) in [6.45, 7) is 3.78. The molecule has 0 spiro atoms. The first-order valence-electron chi connectivity index (χ1n) is 12.3. The third kappa shape index (κ3) is 6.88. The van der Waals surface area contributed by atoms with Gasteiger partial charge in [0.2, 0.25) is 15.9 Å². The zero-order valence-corrected chi connectivity index (χ0v) is 20.5. The zero-order chi connectivity index (χ0) is 23.8. The van der Waals surface area contributed by atoms with Crippen LogP contribution in [0.15, 0.2) is 59.5 Å². The summed E-state index contributed by atoms with van der Waals surface area (Å²) >= 11 is 0. The second-order valence-electron chi connectivity index (χ2n) is 9.14. The number of anilines is 1. The van der Waals surface area contributed by atoms with Crippen LogP contribution in [0.2, 0.25) is 0 Å². The first-order chi connectivity index (χ1) is 16.5. The van der Waals surface area contributed by atoms with E-state index in [9.17, 15) is 13.2 Å². The number of likely N-dealkylation sites (tertiary alicyclic amines) is 1. The summed E-state index contributed by atoms with van der Waals surface area (Å²) in [5, 5.41) is 2.88. The lowest BCUT2D eigenvalue weighted by atomic mass is 10.1. The largest absolute Gasteiger partial charge is 0.377 e. The summed E-state index contributed by atoms with van der Waals surface area (Å²) in [6.07, 6.45) is 5.99. The van der Waals surface area contributed by atoms with Crippen LogP contribution in [0.3, 0.4) is 0 Å². The molecule has 2 aliphatic heterocycles. The van der Waals surface area contributed by atoms with Crippen molar-refractivity contribution in [2.45, 2.75) is 49.5 Å². The molecule has 7 nitrogen and oxygen atoms in total. The Morgan fingerprint density at radius 3 is 2.44 bits per heavy atom. The fourth-order valence-corrected chi connectivity index (χ4v) is 6.13. The van der Waals surface area contributed by atoms with E-state index in [0.717, 1.165) is 58.2 Å². The van der Waals surface area contributed by atoms with Crippen LogP contribution in [-0.4, -0.2) is 69.0 Å². The van der Waals surface area contributed by atoms with E-state index >= 15 is 0 Å². The molecule has 2 fully saturated rings. The van der Waals surface area contributed by atoms with Crippen LogP contribution in [0.1, 0.15) is 37.7 Å². The van der Waals surface area contributed by atoms with Crippen molar-refractivity contribution >= 4 is 21.6 Å². The Morgan fingerprint density at radius 1 is 0.971 bits per heavy atom. The van der Waals surface area contributed by atoms with Crippen molar-refractivity contribution < 1.29 is 17.9 Å². The number of ether oxygens (including phenoxy) is 1. The Morgan fingerprint density at radius 2 is 1.71 bits per heavy atom. The minimum absolute atomic E-state index is 0.101. The van der Waals surface area contributed by atoms with Crippen molar-refractivity contribution in [1.82, 2.24) is 9.21 Å². The topological polar surface area (TPSA) is 79.0 Å². The van der Waals surface area contributed by atoms with Gasteiger partial charge in [-0.25, -0.2) is 8.42 Å². The molecule has 4 rings (SSSR count). The summed E-state index contributed by atoms with van der Waals surface area (Å²) in [6, 6.07) is 16.9. The van der Waals surface area contributed by atoms with Crippen LogP contribution in [0.25, 0.3) is 0 Å². The molecule has 2 saturated heterocycles. The summed E-state index contributed by atoms with van der Waals surface area (Å²) in [5.41, 5.74) is 1.93. The number of nitrogens with one attached hydrogen (secondary N) is 1. The van der Waals surface area contributed by atoms with Crippen molar-refractivity contribution in [2.24, 2.45) is 0 Å². The summed E-state index contributed by atoms with van der Waals surface area (Å²) in [5.74, 6) is -0.101. The van der Waals surface area contributed by atoms with Gasteiger partial charge >= 0.3 is 0 Å². The zero-order valence-electron chi connectivity index (χ0n) is 19.7. The molecule has 1 atom stereocenters. The van der Waals surface area contributed by atoms with E-state index in [0.29, 0.717) is 25.3 Å². The number of benzene rings is 2. The molecule has 2 heterocycles. The van der Waals surface area contributed by atoms with Gasteiger partial charge in [0.15, 0.2) is 0 Å². The quantitative estimate of drug-likeness (QED) is 0.521. The standard InChI is InChI=1S/C26H35N3O4S/c30-26(21-28-18-15-24(20-28)33-19-7-10-22-8-3-1-4-9-22)27-23-11-13-25(14-12-23)34(31,32)29-16-5-2-6-17-29/h1,3-4,8-9,11-14,24H,2,5-7,10,15-21H2,(H,27,30). The SMILES string of the molecule is O=C(CN1CCC(OCCCc2ccccc2)C1)Nc1ccc(S(=O)(=O)N2CCCCC2)cc1. The molecular weight excluding hydrogens is 450 g/mol. The Balaban J connectivity index is 1.17. The van der Waals surface area contributed by atoms with Gasteiger partial charge in [-0.05, 0) is 61.9 Å². The molecule has 34 heavy (non-hydrogen) atoms. The Kier molecular flexibility index (Phi) is 8.72. The van der Waals surface area contributed by atoms with Crippen molar-refractivity contribution in [3.63, 3.8) is 0 Å². The molecule has 184 valence electrons. The first-order valence-corrected chi connectivity index (χ1v) is 13.7. The van der Waals surface area contributed by atoms with Gasteiger partial charge in [0.05, 0.1) is 17.5 Å². The van der Waals surface area contributed by atoms with Crippen LogP contribution in [0.5, 0.6) is 0 Å². The van der Waals surface area contributed by atoms with E-state index in [1.165, 1.54) is 5.56 Å². The van der Waals surface area contributed by atoms with Crippen LogP contribution in [-0.2, 0) is 26.0 Å². The highest BCUT2D eigenvalue weighted by Crippen LogP contribution is 2.22. The fraction of sp³-hybridized carbons (Fsp3) is 0.500. The number of carbonyl (C=O) groups excluding carboxylic acids is 1. The van der Waals surface area contributed by atoms with E-state index in [2.05, 4.69) is 34.5 Å². The second-order valence-corrected chi connectivity index (χ2v) is 11.1.